The van der Waals surface area contributed by atoms with Gasteiger partial charge in [-0.1, -0.05) is 12.1 Å². The van der Waals surface area contributed by atoms with Gasteiger partial charge >= 0.3 is 6.03 Å². The lowest BCUT2D eigenvalue weighted by Crippen LogP contribution is -2.36. The number of urea groups is 1. The Labute approximate surface area is 126 Å². The number of amides is 2. The Balaban J connectivity index is 0.00000200. The maximum Gasteiger partial charge on any atom is 0.321 e. The molecule has 0 radical (unpaired) electrons. The maximum atomic E-state index is 12.1. The molecule has 2 amide bonds. The quantitative estimate of drug-likeness (QED) is 0.893. The van der Waals surface area contributed by atoms with Crippen molar-refractivity contribution in [2.75, 3.05) is 32.5 Å². The molecular formula is C14H23ClN4O. The summed E-state index contributed by atoms with van der Waals surface area (Å²) in [5.41, 5.74) is 7.42. The molecule has 0 unspecified atom stereocenters. The predicted octanol–water partition coefficient (Wildman–Crippen LogP) is 1.73. The third-order valence-corrected chi connectivity index (χ3v) is 3.62. The van der Waals surface area contributed by atoms with Crippen LogP contribution >= 0.6 is 12.4 Å². The van der Waals surface area contributed by atoms with Crippen LogP contribution in [0.2, 0.25) is 0 Å². The molecule has 0 aromatic heterocycles. The first kappa shape index (κ1) is 16.8. The molecule has 1 fully saturated rings. The van der Waals surface area contributed by atoms with Gasteiger partial charge in [0, 0.05) is 31.4 Å². The summed E-state index contributed by atoms with van der Waals surface area (Å²) >= 11 is 0. The van der Waals surface area contributed by atoms with Crippen LogP contribution in [0, 0.1) is 0 Å². The molecule has 6 heteroatoms. The number of hydrogen-bond donors (Lipinski definition) is 2. The molecule has 1 aliphatic rings. The number of anilines is 1. The highest BCUT2D eigenvalue weighted by Crippen LogP contribution is 2.15. The predicted molar refractivity (Wildman–Crippen MR) is 84.3 cm³/mol. The molecule has 0 spiro atoms. The standard InChI is InChI=1S/C14H22N4O.ClH/c1-17(2)13-7-8-18(10-13)14(19)16-12-5-3-11(9-15)4-6-12;/h3-6,13H,7-10,15H2,1-2H3,(H,16,19);1H/t13-;/m0./s1. The van der Waals surface area contributed by atoms with E-state index in [-0.39, 0.29) is 18.4 Å². The summed E-state index contributed by atoms with van der Waals surface area (Å²) < 4.78 is 0. The summed E-state index contributed by atoms with van der Waals surface area (Å²) in [4.78, 5) is 16.1. The second-order valence-corrected chi connectivity index (χ2v) is 5.18. The fourth-order valence-corrected chi connectivity index (χ4v) is 2.27. The molecule has 112 valence electrons. The minimum absolute atomic E-state index is 0. The molecule has 0 aliphatic carbocycles. The zero-order valence-electron chi connectivity index (χ0n) is 12.0. The number of benzene rings is 1. The first-order chi connectivity index (χ1) is 9.10. The summed E-state index contributed by atoms with van der Waals surface area (Å²) in [5.74, 6) is 0. The van der Waals surface area contributed by atoms with E-state index in [1.165, 1.54) is 0 Å². The van der Waals surface area contributed by atoms with Crippen molar-refractivity contribution in [3.8, 4) is 0 Å². The molecule has 1 aromatic carbocycles. The van der Waals surface area contributed by atoms with Crippen LogP contribution in [0.4, 0.5) is 10.5 Å². The molecule has 0 bridgehead atoms. The summed E-state index contributed by atoms with van der Waals surface area (Å²) in [7, 11) is 4.11. The summed E-state index contributed by atoms with van der Waals surface area (Å²) in [5, 5.41) is 2.92. The van der Waals surface area contributed by atoms with E-state index in [0.717, 1.165) is 30.8 Å². The van der Waals surface area contributed by atoms with Gasteiger partial charge in [-0.05, 0) is 38.2 Å². The minimum Gasteiger partial charge on any atom is -0.326 e. The van der Waals surface area contributed by atoms with Gasteiger partial charge in [0.2, 0.25) is 0 Å². The molecule has 1 aromatic rings. The largest absolute Gasteiger partial charge is 0.326 e. The lowest BCUT2D eigenvalue weighted by atomic mass is 10.2. The number of carbonyl (C=O) groups is 1. The normalized spacial score (nSPS) is 18.0. The second kappa shape index (κ2) is 7.47. The van der Waals surface area contributed by atoms with E-state index in [1.54, 1.807) is 0 Å². The van der Waals surface area contributed by atoms with Gasteiger partial charge < -0.3 is 20.9 Å². The van der Waals surface area contributed by atoms with Gasteiger partial charge in [-0.2, -0.15) is 0 Å². The van der Waals surface area contributed by atoms with Crippen LogP contribution < -0.4 is 11.1 Å². The van der Waals surface area contributed by atoms with Crippen molar-refractivity contribution in [3.05, 3.63) is 29.8 Å². The molecule has 1 heterocycles. The highest BCUT2D eigenvalue weighted by molar-refractivity contribution is 5.89. The van der Waals surface area contributed by atoms with E-state index >= 15 is 0 Å². The number of likely N-dealkylation sites (tertiary alicyclic amines) is 1. The number of nitrogens with zero attached hydrogens (tertiary/aromatic N) is 2. The second-order valence-electron chi connectivity index (χ2n) is 5.18. The number of nitrogens with two attached hydrogens (primary N) is 1. The van der Waals surface area contributed by atoms with Crippen LogP contribution in [0.25, 0.3) is 0 Å². The monoisotopic (exact) mass is 298 g/mol. The highest BCUT2D eigenvalue weighted by Gasteiger charge is 2.27. The van der Waals surface area contributed by atoms with E-state index < -0.39 is 0 Å². The molecule has 0 saturated carbocycles. The third kappa shape index (κ3) is 4.10. The smallest absolute Gasteiger partial charge is 0.321 e. The third-order valence-electron chi connectivity index (χ3n) is 3.62. The van der Waals surface area contributed by atoms with E-state index in [1.807, 2.05) is 29.2 Å². The van der Waals surface area contributed by atoms with Gasteiger partial charge in [-0.15, -0.1) is 12.4 Å². The number of hydrogen-bond acceptors (Lipinski definition) is 3. The SMILES string of the molecule is CN(C)[C@H]1CCN(C(=O)Nc2ccc(CN)cc2)C1.Cl. The zero-order chi connectivity index (χ0) is 13.8. The Morgan fingerprint density at radius 3 is 2.55 bits per heavy atom. The van der Waals surface area contributed by atoms with Crippen molar-refractivity contribution in [2.45, 2.75) is 19.0 Å². The molecule has 3 N–H and O–H groups in total. The maximum absolute atomic E-state index is 12.1. The molecule has 1 aliphatic heterocycles. The Morgan fingerprint density at radius 2 is 2.05 bits per heavy atom. The van der Waals surface area contributed by atoms with Crippen molar-refractivity contribution in [2.24, 2.45) is 5.73 Å². The Hall–Kier alpha value is -1.30. The topological polar surface area (TPSA) is 61.6 Å². The average Bonchev–Trinajstić information content (AvgIpc) is 2.89. The van der Waals surface area contributed by atoms with Crippen molar-refractivity contribution in [3.63, 3.8) is 0 Å². The van der Waals surface area contributed by atoms with Crippen LogP contribution in [0.5, 0.6) is 0 Å². The van der Waals surface area contributed by atoms with E-state index in [0.29, 0.717) is 12.6 Å². The van der Waals surface area contributed by atoms with Crippen LogP contribution in [-0.2, 0) is 6.54 Å². The molecule has 20 heavy (non-hydrogen) atoms. The fraction of sp³-hybridized carbons (Fsp3) is 0.500. The van der Waals surface area contributed by atoms with Crippen molar-refractivity contribution < 1.29 is 4.79 Å². The van der Waals surface area contributed by atoms with Crippen molar-refractivity contribution in [1.29, 1.82) is 0 Å². The lowest BCUT2D eigenvalue weighted by molar-refractivity contribution is 0.216. The molecule has 2 rings (SSSR count). The first-order valence-electron chi connectivity index (χ1n) is 6.61. The van der Waals surface area contributed by atoms with Gasteiger partial charge in [-0.25, -0.2) is 4.79 Å². The summed E-state index contributed by atoms with van der Waals surface area (Å²) in [6.07, 6.45) is 1.03. The number of likely N-dealkylation sites (N-methyl/N-ethyl adjacent to an activating group) is 1. The number of carbonyl (C=O) groups excluding carboxylic acids is 1. The first-order valence-corrected chi connectivity index (χ1v) is 6.61. The Bertz CT molecular complexity index is 435. The zero-order valence-corrected chi connectivity index (χ0v) is 12.8. The van der Waals surface area contributed by atoms with E-state index in [4.69, 9.17) is 5.73 Å². The van der Waals surface area contributed by atoms with E-state index in [9.17, 15) is 4.79 Å². The number of nitrogens with one attached hydrogen (secondary N) is 1. The highest BCUT2D eigenvalue weighted by atomic mass is 35.5. The number of rotatable bonds is 3. The van der Waals surface area contributed by atoms with Crippen LogP contribution in [-0.4, -0.2) is 49.1 Å². The molecular weight excluding hydrogens is 276 g/mol. The lowest BCUT2D eigenvalue weighted by Gasteiger charge is -2.20. The van der Waals surface area contributed by atoms with Crippen LogP contribution in [0.3, 0.4) is 0 Å². The summed E-state index contributed by atoms with van der Waals surface area (Å²) in [6.45, 7) is 2.13. The van der Waals surface area contributed by atoms with E-state index in [2.05, 4.69) is 24.3 Å². The molecule has 1 atom stereocenters. The van der Waals surface area contributed by atoms with Gasteiger partial charge in [0.25, 0.3) is 0 Å². The average molecular weight is 299 g/mol. The molecule has 5 nitrogen and oxygen atoms in total. The van der Waals surface area contributed by atoms with Gasteiger partial charge in [0.1, 0.15) is 0 Å². The van der Waals surface area contributed by atoms with Gasteiger partial charge in [0.15, 0.2) is 0 Å². The van der Waals surface area contributed by atoms with Gasteiger partial charge in [0.05, 0.1) is 0 Å². The van der Waals surface area contributed by atoms with Crippen molar-refractivity contribution in [1.82, 2.24) is 9.80 Å². The van der Waals surface area contributed by atoms with Crippen LogP contribution in [0.15, 0.2) is 24.3 Å². The Kier molecular flexibility index (Phi) is 6.26. The van der Waals surface area contributed by atoms with Crippen LogP contribution in [0.1, 0.15) is 12.0 Å². The van der Waals surface area contributed by atoms with Gasteiger partial charge in [-0.3, -0.25) is 0 Å². The number of halogens is 1. The summed E-state index contributed by atoms with van der Waals surface area (Å²) in [6, 6.07) is 8.08. The minimum atomic E-state index is -0.0233. The Morgan fingerprint density at radius 1 is 1.40 bits per heavy atom. The van der Waals surface area contributed by atoms with Crippen molar-refractivity contribution >= 4 is 24.1 Å². The fourth-order valence-electron chi connectivity index (χ4n) is 2.27. The molecule has 1 saturated heterocycles.